The highest BCUT2D eigenvalue weighted by molar-refractivity contribution is 7.99. The summed E-state index contributed by atoms with van der Waals surface area (Å²) in [6, 6.07) is 8.50. The van der Waals surface area contributed by atoms with Crippen molar-refractivity contribution in [1.29, 1.82) is 0 Å². The fraction of sp³-hybridized carbons (Fsp3) is 0.333. The average molecular weight is 164 g/mol. The number of benzene rings is 1. The third kappa shape index (κ3) is 1.42. The van der Waals surface area contributed by atoms with Crippen LogP contribution in [-0.2, 0) is 6.42 Å². The fourth-order valence-electron chi connectivity index (χ4n) is 1.33. The fourth-order valence-corrected chi connectivity index (χ4v) is 2.34. The number of nitrogens with one attached hydrogen (secondary N) is 1. The molecule has 1 nitrogen and oxygen atoms in total. The van der Waals surface area contributed by atoms with Gasteiger partial charge in [0, 0.05) is 16.7 Å². The van der Waals surface area contributed by atoms with Gasteiger partial charge in [0.05, 0.1) is 0 Å². The largest absolute Gasteiger partial charge is 0.253 e. The normalized spacial score (nSPS) is 22.8. The zero-order chi connectivity index (χ0) is 7.68. The zero-order valence-electron chi connectivity index (χ0n) is 6.21. The van der Waals surface area contributed by atoms with E-state index in [1.54, 1.807) is 0 Å². The molecule has 1 N–H and O–H groups in total. The van der Waals surface area contributed by atoms with Crippen LogP contribution < -0.4 is 5.73 Å². The Bertz CT molecular complexity index is 259. The molecule has 0 saturated heterocycles. The minimum atomic E-state index is 0.106. The molecular weight excluding hydrogens is 154 g/mol. The number of thioether (sulfide) groups is 1. The predicted molar refractivity (Wildman–Crippen MR) is 47.8 cm³/mol. The lowest BCUT2D eigenvalue weighted by Crippen LogP contribution is -2.19. The van der Waals surface area contributed by atoms with Crippen LogP contribution in [0.5, 0.6) is 0 Å². The van der Waals surface area contributed by atoms with Crippen LogP contribution >= 0.6 is 11.8 Å². The van der Waals surface area contributed by atoms with Gasteiger partial charge in [0.15, 0.2) is 0 Å². The van der Waals surface area contributed by atoms with Gasteiger partial charge in [0.2, 0.25) is 0 Å². The third-order valence-corrected chi connectivity index (χ3v) is 3.16. The molecule has 1 unspecified atom stereocenters. The molecule has 1 heterocycles. The first-order valence-electron chi connectivity index (χ1n) is 3.78. The minimum absolute atomic E-state index is 0.106. The van der Waals surface area contributed by atoms with Crippen LogP contribution in [0, 0.1) is 0 Å². The van der Waals surface area contributed by atoms with E-state index in [0.29, 0.717) is 0 Å². The molecule has 0 bridgehead atoms. The molecule has 2 heteroatoms. The van der Waals surface area contributed by atoms with Crippen molar-refractivity contribution in [1.82, 2.24) is 5.73 Å². The Hall–Kier alpha value is -0.470. The molecule has 0 fully saturated rings. The quantitative estimate of drug-likeness (QED) is 0.575. The van der Waals surface area contributed by atoms with Crippen LogP contribution in [0.15, 0.2) is 29.2 Å². The van der Waals surface area contributed by atoms with Crippen molar-refractivity contribution >= 4 is 11.8 Å². The Labute approximate surface area is 71.0 Å². The number of rotatable bonds is 0. The predicted octanol–water partition coefficient (Wildman–Crippen LogP) is 1.99. The SMILES string of the molecule is [NH]C1CSc2ccccc2C1. The number of hydrogen-bond donors (Lipinski definition) is 0. The third-order valence-electron chi connectivity index (χ3n) is 1.88. The van der Waals surface area contributed by atoms with Crippen molar-refractivity contribution in [2.75, 3.05) is 5.75 Å². The first-order chi connectivity index (χ1) is 5.36. The van der Waals surface area contributed by atoms with Crippen molar-refractivity contribution in [2.24, 2.45) is 0 Å². The summed E-state index contributed by atoms with van der Waals surface area (Å²) >= 11 is 1.81. The van der Waals surface area contributed by atoms with Gasteiger partial charge in [-0.15, -0.1) is 11.8 Å². The topological polar surface area (TPSA) is 23.8 Å². The Morgan fingerprint density at radius 1 is 1.36 bits per heavy atom. The van der Waals surface area contributed by atoms with Crippen LogP contribution in [0.1, 0.15) is 5.56 Å². The standard InChI is InChI=1S/C9H10NS/c10-8-5-7-3-1-2-4-9(7)11-6-8/h1-4,8,10H,5-6H2. The van der Waals surface area contributed by atoms with Crippen LogP contribution in [0.3, 0.4) is 0 Å². The molecule has 1 aromatic carbocycles. The van der Waals surface area contributed by atoms with E-state index < -0.39 is 0 Å². The Balaban J connectivity index is 2.34. The Kier molecular flexibility index (Phi) is 1.88. The lowest BCUT2D eigenvalue weighted by molar-refractivity contribution is 0.705. The smallest absolute Gasteiger partial charge is 0.0347 e. The molecular formula is C9H10NS. The van der Waals surface area contributed by atoms with Gasteiger partial charge in [-0.05, 0) is 18.1 Å². The van der Waals surface area contributed by atoms with Crippen LogP contribution in [-0.4, -0.2) is 11.8 Å². The monoisotopic (exact) mass is 164 g/mol. The maximum Gasteiger partial charge on any atom is 0.0347 e. The van der Waals surface area contributed by atoms with Gasteiger partial charge >= 0.3 is 0 Å². The molecule has 1 radical (unpaired) electrons. The highest BCUT2D eigenvalue weighted by Gasteiger charge is 2.14. The average Bonchev–Trinajstić information content (AvgIpc) is 2.04. The summed E-state index contributed by atoms with van der Waals surface area (Å²) in [6.45, 7) is 0. The van der Waals surface area contributed by atoms with Gasteiger partial charge < -0.3 is 0 Å². The van der Waals surface area contributed by atoms with E-state index >= 15 is 0 Å². The summed E-state index contributed by atoms with van der Waals surface area (Å²) in [6.07, 6.45) is 0.934. The molecule has 11 heavy (non-hydrogen) atoms. The molecule has 0 aliphatic carbocycles. The molecule has 0 saturated carbocycles. The summed E-state index contributed by atoms with van der Waals surface area (Å²) in [4.78, 5) is 1.37. The summed E-state index contributed by atoms with van der Waals surface area (Å²) in [5.41, 5.74) is 8.93. The van der Waals surface area contributed by atoms with Gasteiger partial charge in [-0.1, -0.05) is 18.2 Å². The van der Waals surface area contributed by atoms with E-state index in [-0.39, 0.29) is 6.04 Å². The maximum absolute atomic E-state index is 7.58. The van der Waals surface area contributed by atoms with Gasteiger partial charge in [-0.3, -0.25) is 5.73 Å². The molecule has 57 valence electrons. The van der Waals surface area contributed by atoms with Crippen molar-refractivity contribution in [2.45, 2.75) is 17.4 Å². The number of hydrogen-bond acceptors (Lipinski definition) is 1. The van der Waals surface area contributed by atoms with E-state index in [0.717, 1.165) is 12.2 Å². The van der Waals surface area contributed by atoms with Crippen molar-refractivity contribution < 1.29 is 0 Å². The molecule has 1 aromatic rings. The second kappa shape index (κ2) is 2.88. The lowest BCUT2D eigenvalue weighted by atomic mass is 10.1. The van der Waals surface area contributed by atoms with Gasteiger partial charge in [-0.25, -0.2) is 0 Å². The maximum atomic E-state index is 7.58. The minimum Gasteiger partial charge on any atom is -0.253 e. The lowest BCUT2D eigenvalue weighted by Gasteiger charge is -2.19. The van der Waals surface area contributed by atoms with Crippen molar-refractivity contribution in [3.8, 4) is 0 Å². The zero-order valence-corrected chi connectivity index (χ0v) is 7.03. The van der Waals surface area contributed by atoms with E-state index in [1.807, 2.05) is 11.8 Å². The van der Waals surface area contributed by atoms with E-state index in [9.17, 15) is 0 Å². The Morgan fingerprint density at radius 2 is 2.18 bits per heavy atom. The van der Waals surface area contributed by atoms with E-state index in [1.165, 1.54) is 10.5 Å². The molecule has 0 amide bonds. The molecule has 1 atom stereocenters. The second-order valence-corrected chi connectivity index (χ2v) is 3.88. The van der Waals surface area contributed by atoms with Crippen molar-refractivity contribution in [3.05, 3.63) is 29.8 Å². The van der Waals surface area contributed by atoms with E-state index in [2.05, 4.69) is 24.3 Å². The van der Waals surface area contributed by atoms with Crippen LogP contribution in [0.2, 0.25) is 0 Å². The van der Waals surface area contributed by atoms with Gasteiger partial charge in [0.1, 0.15) is 0 Å². The molecule has 1 aliphatic heterocycles. The molecule has 0 aromatic heterocycles. The summed E-state index contributed by atoms with van der Waals surface area (Å²) in [7, 11) is 0. The summed E-state index contributed by atoms with van der Waals surface area (Å²) in [5.74, 6) is 0.955. The molecule has 1 aliphatic rings. The van der Waals surface area contributed by atoms with Crippen LogP contribution in [0.25, 0.3) is 0 Å². The molecule has 2 rings (SSSR count). The first-order valence-corrected chi connectivity index (χ1v) is 4.76. The highest BCUT2D eigenvalue weighted by atomic mass is 32.2. The molecule has 0 spiro atoms. The van der Waals surface area contributed by atoms with Gasteiger partial charge in [0.25, 0.3) is 0 Å². The van der Waals surface area contributed by atoms with Crippen LogP contribution in [0.4, 0.5) is 0 Å². The first kappa shape index (κ1) is 7.19. The second-order valence-electron chi connectivity index (χ2n) is 2.82. The van der Waals surface area contributed by atoms with Gasteiger partial charge in [-0.2, -0.15) is 0 Å². The summed E-state index contributed by atoms with van der Waals surface area (Å²) in [5, 5.41) is 0. The Morgan fingerprint density at radius 3 is 3.09 bits per heavy atom. The van der Waals surface area contributed by atoms with Crippen molar-refractivity contribution in [3.63, 3.8) is 0 Å². The number of fused-ring (bicyclic) bond motifs is 1. The summed E-state index contributed by atoms with van der Waals surface area (Å²) < 4.78 is 0. The van der Waals surface area contributed by atoms with E-state index in [4.69, 9.17) is 5.73 Å². The highest BCUT2D eigenvalue weighted by Crippen LogP contribution is 2.29.